The van der Waals surface area contributed by atoms with Crippen LogP contribution in [0.1, 0.15) is 0 Å². The molecule has 178 valence electrons. The minimum atomic E-state index is -0.758. The van der Waals surface area contributed by atoms with Crippen LogP contribution in [0.15, 0.2) is 150 Å². The number of hydrogen-bond donors (Lipinski definition) is 0. The van der Waals surface area contributed by atoms with E-state index in [1.807, 2.05) is 0 Å². The maximum absolute atomic E-state index is 6.97. The van der Waals surface area contributed by atoms with Crippen molar-refractivity contribution in [3.05, 3.63) is 146 Å². The third-order valence-corrected chi connectivity index (χ3v) is 12.5. The van der Waals surface area contributed by atoms with Crippen molar-refractivity contribution in [2.24, 2.45) is 0 Å². The van der Waals surface area contributed by atoms with Crippen LogP contribution in [0.5, 0.6) is 0 Å². The highest BCUT2D eigenvalue weighted by Gasteiger charge is 2.30. The van der Waals surface area contributed by atoms with Gasteiger partial charge in [-0.05, 0) is 26.5 Å². The first-order chi connectivity index (χ1) is 18.4. The lowest BCUT2D eigenvalue weighted by atomic mass is 10.1. The van der Waals surface area contributed by atoms with Crippen LogP contribution in [0.2, 0.25) is 0 Å². The van der Waals surface area contributed by atoms with Gasteiger partial charge in [-0.15, -0.1) is 0 Å². The van der Waals surface area contributed by atoms with Crippen molar-refractivity contribution in [1.82, 2.24) is 0 Å². The Balaban J connectivity index is 1.46. The molecule has 0 saturated heterocycles. The third-order valence-electron chi connectivity index (χ3n) is 7.13. The molecule has 0 spiro atoms. The van der Waals surface area contributed by atoms with Crippen molar-refractivity contribution in [2.75, 3.05) is 0 Å². The topological polar surface area (TPSA) is 13.1 Å². The number of fused-ring (bicyclic) bond motifs is 3. The van der Waals surface area contributed by atoms with Crippen molar-refractivity contribution in [2.45, 2.75) is 11.3 Å². The van der Waals surface area contributed by atoms with Gasteiger partial charge in [0.2, 0.25) is 0 Å². The van der Waals surface area contributed by atoms with Crippen molar-refractivity contribution in [3.63, 3.8) is 0 Å². The van der Waals surface area contributed by atoms with Crippen molar-refractivity contribution in [3.8, 4) is 0 Å². The monoisotopic (exact) mass is 512 g/mol. The van der Waals surface area contributed by atoms with E-state index in [2.05, 4.69) is 146 Å². The van der Waals surface area contributed by atoms with Gasteiger partial charge in [0.05, 0.1) is 0 Å². The minimum absolute atomic E-state index is 0.413. The molecule has 37 heavy (non-hydrogen) atoms. The van der Waals surface area contributed by atoms with Gasteiger partial charge in [0.15, 0.2) is 0 Å². The Hall–Kier alpha value is -3.50. The summed E-state index contributed by atoms with van der Waals surface area (Å²) in [5.41, 5.74) is 2.90. The minimum Gasteiger partial charge on any atom is -0.455 e. The van der Waals surface area contributed by atoms with Gasteiger partial charge in [0.1, 0.15) is 11.2 Å². The summed E-state index contributed by atoms with van der Waals surface area (Å²) >= 11 is 0. The van der Waals surface area contributed by atoms with Gasteiger partial charge in [0.25, 0.3) is 0 Å². The number of furan rings is 1. The quantitative estimate of drug-likeness (QED) is 0.216. The largest absolute Gasteiger partial charge is 0.455 e. The van der Waals surface area contributed by atoms with Crippen LogP contribution in [0.25, 0.3) is 21.9 Å². The van der Waals surface area contributed by atoms with E-state index in [-0.39, 0.29) is 0 Å². The molecule has 7 rings (SSSR count). The fourth-order valence-corrected chi connectivity index (χ4v) is 10.7. The van der Waals surface area contributed by atoms with Gasteiger partial charge in [-0.3, -0.25) is 0 Å². The Morgan fingerprint density at radius 2 is 0.919 bits per heavy atom. The van der Waals surface area contributed by atoms with E-state index in [9.17, 15) is 0 Å². The molecule has 3 heteroatoms. The molecule has 1 aromatic heterocycles. The summed E-state index contributed by atoms with van der Waals surface area (Å²) in [6, 6.07) is 35.2. The zero-order chi connectivity index (χ0) is 24.6. The van der Waals surface area contributed by atoms with Crippen LogP contribution < -0.4 is 21.2 Å². The van der Waals surface area contributed by atoms with E-state index >= 15 is 0 Å². The summed E-state index contributed by atoms with van der Waals surface area (Å²) in [6.45, 7) is 0. The normalized spacial score (nSPS) is 15.4. The molecule has 1 heterocycles. The molecule has 0 saturated carbocycles. The van der Waals surface area contributed by atoms with Crippen LogP contribution in [0.4, 0.5) is 0 Å². The molecule has 0 atom stereocenters. The Labute approximate surface area is 220 Å². The summed E-state index contributed by atoms with van der Waals surface area (Å²) in [7, 11) is -1.30. The van der Waals surface area contributed by atoms with Gasteiger partial charge < -0.3 is 4.42 Å². The molecular formula is C34H26OP2. The summed E-state index contributed by atoms with van der Waals surface area (Å²) in [5, 5.41) is 7.72. The second kappa shape index (κ2) is 9.75. The van der Waals surface area contributed by atoms with Crippen molar-refractivity contribution in [1.29, 1.82) is 0 Å². The zero-order valence-electron chi connectivity index (χ0n) is 20.3. The van der Waals surface area contributed by atoms with Crippen molar-refractivity contribution >= 4 is 59.0 Å². The molecule has 0 aliphatic heterocycles. The standard InChI is InChI=1S/C34H26OP2/c1-3-13-25(14-4-1)36(26-15-5-2-6-16-26)31-23-11-21-29-30-22-12-24-32(34(30)35-33(29)31)37(27-17-7-8-18-27)28-19-9-10-20-28/h1-24,27-28H. The molecular weight excluding hydrogens is 486 g/mol. The average molecular weight is 513 g/mol. The first-order valence-corrected chi connectivity index (χ1v) is 15.5. The molecule has 0 amide bonds. The van der Waals surface area contributed by atoms with Gasteiger partial charge in [-0.2, -0.15) is 0 Å². The summed E-state index contributed by atoms with van der Waals surface area (Å²) in [6.07, 6.45) is 18.1. The number of benzene rings is 4. The van der Waals surface area contributed by atoms with E-state index in [1.165, 1.54) is 32.0 Å². The Morgan fingerprint density at radius 3 is 1.43 bits per heavy atom. The Bertz CT molecular complexity index is 1600. The third kappa shape index (κ3) is 4.04. The van der Waals surface area contributed by atoms with Gasteiger partial charge in [-0.1, -0.05) is 146 Å². The molecule has 0 N–H and O–H groups in total. The van der Waals surface area contributed by atoms with Crippen LogP contribution in [0.3, 0.4) is 0 Å². The molecule has 1 nitrogen and oxygen atoms in total. The number of rotatable bonds is 6. The van der Waals surface area contributed by atoms with Gasteiger partial charge >= 0.3 is 0 Å². The second-order valence-corrected chi connectivity index (χ2v) is 14.0. The lowest BCUT2D eigenvalue weighted by Crippen LogP contribution is -2.20. The highest BCUT2D eigenvalue weighted by Crippen LogP contribution is 2.52. The van der Waals surface area contributed by atoms with Gasteiger partial charge in [0, 0.05) is 32.7 Å². The van der Waals surface area contributed by atoms with E-state index in [1.54, 1.807) is 0 Å². The first-order valence-electron chi connectivity index (χ1n) is 12.7. The number of allylic oxidation sites excluding steroid dienone is 8. The predicted octanol–water partition coefficient (Wildman–Crippen LogP) is 7.44. The molecule has 0 unspecified atom stereocenters. The smallest absolute Gasteiger partial charge is 0.143 e. The van der Waals surface area contributed by atoms with Crippen LogP contribution >= 0.6 is 15.8 Å². The molecule has 0 fully saturated rings. The molecule has 4 aromatic carbocycles. The lowest BCUT2D eigenvalue weighted by Gasteiger charge is -2.26. The van der Waals surface area contributed by atoms with Crippen LogP contribution in [-0.2, 0) is 0 Å². The molecule has 2 aliphatic carbocycles. The van der Waals surface area contributed by atoms with E-state index in [4.69, 9.17) is 4.42 Å². The van der Waals surface area contributed by atoms with E-state index in [0.29, 0.717) is 11.3 Å². The summed E-state index contributed by atoms with van der Waals surface area (Å²) in [5.74, 6) is 0. The average Bonchev–Trinajstić information content (AvgIpc) is 3.73. The van der Waals surface area contributed by atoms with Crippen molar-refractivity contribution < 1.29 is 4.42 Å². The molecule has 5 aromatic rings. The van der Waals surface area contributed by atoms with E-state index < -0.39 is 15.8 Å². The lowest BCUT2D eigenvalue weighted by molar-refractivity contribution is 0.674. The summed E-state index contributed by atoms with van der Waals surface area (Å²) in [4.78, 5) is 0. The number of hydrogen-bond acceptors (Lipinski definition) is 1. The van der Waals surface area contributed by atoms with E-state index in [0.717, 1.165) is 11.2 Å². The Kier molecular flexibility index (Phi) is 5.98. The maximum Gasteiger partial charge on any atom is 0.143 e. The van der Waals surface area contributed by atoms with Gasteiger partial charge in [-0.25, -0.2) is 0 Å². The zero-order valence-corrected chi connectivity index (χ0v) is 22.1. The summed E-state index contributed by atoms with van der Waals surface area (Å²) < 4.78 is 6.97. The fourth-order valence-electron chi connectivity index (χ4n) is 5.48. The highest BCUT2D eigenvalue weighted by molar-refractivity contribution is 7.80. The SMILES string of the molecule is C1=CC(P(c2cccc3c2oc2c(P(c4ccccc4)c4ccccc4)cccc23)C2C=CC=C2)C=C1. The highest BCUT2D eigenvalue weighted by atomic mass is 31.1. The molecule has 0 bridgehead atoms. The Morgan fingerprint density at radius 1 is 0.459 bits per heavy atom. The molecule has 0 radical (unpaired) electrons. The van der Waals surface area contributed by atoms with Crippen LogP contribution in [-0.4, -0.2) is 11.3 Å². The molecule has 2 aliphatic rings. The first kappa shape index (κ1) is 22.7. The number of para-hydroxylation sites is 2. The predicted molar refractivity (Wildman–Crippen MR) is 163 cm³/mol. The van der Waals surface area contributed by atoms with Crippen LogP contribution in [0, 0.1) is 0 Å². The fraction of sp³-hybridized carbons (Fsp3) is 0.0588. The maximum atomic E-state index is 6.97. The second-order valence-electron chi connectivity index (χ2n) is 9.34.